The second-order valence-corrected chi connectivity index (χ2v) is 5.79. The monoisotopic (exact) mass is 284 g/mol. The fourth-order valence-electron chi connectivity index (χ4n) is 3.23. The maximum atomic E-state index is 2.32. The van der Waals surface area contributed by atoms with Crippen LogP contribution in [0, 0.1) is 0 Å². The Bertz CT molecular complexity index is 899. The second kappa shape index (κ2) is 4.96. The molecule has 1 aromatic rings. The van der Waals surface area contributed by atoms with Gasteiger partial charge in [0, 0.05) is 24.6 Å². The van der Waals surface area contributed by atoms with Crippen LogP contribution in [0.5, 0.6) is 0 Å². The summed E-state index contributed by atoms with van der Waals surface area (Å²) in [4.78, 5) is 0. The van der Waals surface area contributed by atoms with Crippen molar-refractivity contribution in [3.05, 3.63) is 83.7 Å². The lowest BCUT2D eigenvalue weighted by Gasteiger charge is -1.99. The van der Waals surface area contributed by atoms with E-state index < -0.39 is 0 Å². The smallest absolute Gasteiger partial charge is 0.164 e. The summed E-state index contributed by atoms with van der Waals surface area (Å²) in [5.74, 6) is 0. The lowest BCUT2D eigenvalue weighted by molar-refractivity contribution is -0.581. The first-order valence-corrected chi connectivity index (χ1v) is 7.64. The molecule has 0 unspecified atom stereocenters. The minimum atomic E-state index is 1.27. The van der Waals surface area contributed by atoms with Crippen LogP contribution in [0.2, 0.25) is 0 Å². The summed E-state index contributed by atoms with van der Waals surface area (Å²) in [7, 11) is 0. The molecule has 4 rings (SSSR count). The molecule has 0 radical (unpaired) electrons. The van der Waals surface area contributed by atoms with Gasteiger partial charge in [0.05, 0.1) is 5.57 Å². The first-order chi connectivity index (χ1) is 10.8. The molecule has 1 nitrogen and oxygen atoms in total. The molecule has 0 saturated carbocycles. The standard InChI is InChI=1S/C21H18N/c1-15-16(2)22-13-7-6-10-21(22)20(15)14-18-12-11-17-8-4-3-5-9-19(17)18/h3-14H,1-2H3/q+1. The van der Waals surface area contributed by atoms with Crippen LogP contribution >= 0.6 is 0 Å². The van der Waals surface area contributed by atoms with E-state index in [1.807, 2.05) is 0 Å². The summed E-state index contributed by atoms with van der Waals surface area (Å²) in [5, 5.41) is 0. The van der Waals surface area contributed by atoms with Crippen molar-refractivity contribution < 1.29 is 4.57 Å². The zero-order valence-corrected chi connectivity index (χ0v) is 12.9. The predicted octanol–water partition coefficient (Wildman–Crippen LogP) is 4.88. The molecule has 0 amide bonds. The van der Waals surface area contributed by atoms with Crippen molar-refractivity contribution in [1.82, 2.24) is 0 Å². The van der Waals surface area contributed by atoms with Crippen LogP contribution < -0.4 is 4.57 Å². The molecule has 0 N–H and O–H groups in total. The lowest BCUT2D eigenvalue weighted by atomic mass is 10.0. The third kappa shape index (κ3) is 1.90. The molecule has 0 atom stereocenters. The van der Waals surface area contributed by atoms with Gasteiger partial charge in [-0.1, -0.05) is 42.5 Å². The van der Waals surface area contributed by atoms with E-state index >= 15 is 0 Å². The molecular formula is C21H18N+. The van der Waals surface area contributed by atoms with E-state index in [0.717, 1.165) is 0 Å². The average Bonchev–Trinajstić information content (AvgIpc) is 2.91. The summed E-state index contributed by atoms with van der Waals surface area (Å²) < 4.78 is 2.27. The first-order valence-electron chi connectivity index (χ1n) is 7.64. The van der Waals surface area contributed by atoms with Crippen molar-refractivity contribution in [3.63, 3.8) is 0 Å². The minimum absolute atomic E-state index is 1.27. The molecule has 1 heteroatoms. The van der Waals surface area contributed by atoms with Gasteiger partial charge in [-0.25, -0.2) is 0 Å². The first kappa shape index (κ1) is 13.0. The highest BCUT2D eigenvalue weighted by molar-refractivity contribution is 5.96. The molecule has 106 valence electrons. The third-order valence-electron chi connectivity index (χ3n) is 4.57. The molecule has 22 heavy (non-hydrogen) atoms. The van der Waals surface area contributed by atoms with Crippen molar-refractivity contribution in [2.24, 2.45) is 0 Å². The highest BCUT2D eigenvalue weighted by atomic mass is 15.0. The quantitative estimate of drug-likeness (QED) is 0.560. The van der Waals surface area contributed by atoms with E-state index in [4.69, 9.17) is 0 Å². The van der Waals surface area contributed by atoms with Gasteiger partial charge in [0.25, 0.3) is 0 Å². The van der Waals surface area contributed by atoms with E-state index in [1.54, 1.807) is 0 Å². The Hall–Kier alpha value is -2.67. The summed E-state index contributed by atoms with van der Waals surface area (Å²) in [6.07, 6.45) is 4.46. The van der Waals surface area contributed by atoms with Crippen molar-refractivity contribution in [1.29, 1.82) is 0 Å². The van der Waals surface area contributed by atoms with Crippen molar-refractivity contribution in [2.75, 3.05) is 0 Å². The summed E-state index contributed by atoms with van der Waals surface area (Å²) in [6.45, 7) is 4.39. The van der Waals surface area contributed by atoms with Gasteiger partial charge < -0.3 is 0 Å². The number of pyridine rings is 1. The Morgan fingerprint density at radius 2 is 1.64 bits per heavy atom. The van der Waals surface area contributed by atoms with E-state index in [2.05, 4.69) is 91.4 Å². The number of aromatic nitrogens is 1. The topological polar surface area (TPSA) is 3.88 Å². The largest absolute Gasteiger partial charge is 0.218 e. The van der Waals surface area contributed by atoms with Crippen molar-refractivity contribution in [2.45, 2.75) is 13.8 Å². The van der Waals surface area contributed by atoms with Crippen molar-refractivity contribution in [3.8, 4) is 11.1 Å². The van der Waals surface area contributed by atoms with Gasteiger partial charge in [-0.2, -0.15) is 4.57 Å². The van der Waals surface area contributed by atoms with Gasteiger partial charge in [-0.15, -0.1) is 0 Å². The molecule has 0 fully saturated rings. The molecule has 2 aliphatic carbocycles. The zero-order valence-electron chi connectivity index (χ0n) is 12.9. The lowest BCUT2D eigenvalue weighted by Crippen LogP contribution is -2.31. The van der Waals surface area contributed by atoms with Crippen LogP contribution in [-0.2, 0) is 0 Å². The summed E-state index contributed by atoms with van der Waals surface area (Å²) >= 11 is 0. The maximum Gasteiger partial charge on any atom is 0.218 e. The highest BCUT2D eigenvalue weighted by Crippen LogP contribution is 2.35. The van der Waals surface area contributed by atoms with Gasteiger partial charge in [-0.05, 0) is 35.8 Å². The zero-order chi connectivity index (χ0) is 15.1. The third-order valence-corrected chi connectivity index (χ3v) is 4.57. The maximum absolute atomic E-state index is 2.32. The molecular weight excluding hydrogens is 266 g/mol. The number of allylic oxidation sites excluding steroid dienone is 3. The van der Waals surface area contributed by atoms with Crippen LogP contribution in [0.4, 0.5) is 0 Å². The van der Waals surface area contributed by atoms with E-state index in [0.29, 0.717) is 0 Å². The molecule has 1 aromatic heterocycles. The van der Waals surface area contributed by atoms with Crippen LogP contribution in [0.25, 0.3) is 28.5 Å². The van der Waals surface area contributed by atoms with Crippen LogP contribution in [0.1, 0.15) is 25.1 Å². The molecule has 0 aromatic carbocycles. The van der Waals surface area contributed by atoms with E-state index in [1.165, 1.54) is 39.2 Å². The molecule has 0 saturated heterocycles. The SMILES string of the molecule is CC1=C(C)[n+]2ccccc2C1=Cc1ccc2cccccc1-2. The molecule has 1 aliphatic heterocycles. The fourth-order valence-corrected chi connectivity index (χ4v) is 3.23. The molecule has 0 bridgehead atoms. The highest BCUT2D eigenvalue weighted by Gasteiger charge is 2.29. The van der Waals surface area contributed by atoms with Gasteiger partial charge in [0.1, 0.15) is 0 Å². The van der Waals surface area contributed by atoms with Gasteiger partial charge in [0.2, 0.25) is 5.69 Å². The molecule has 0 spiro atoms. The average molecular weight is 284 g/mol. The van der Waals surface area contributed by atoms with E-state index in [9.17, 15) is 0 Å². The van der Waals surface area contributed by atoms with Gasteiger partial charge in [-0.3, -0.25) is 0 Å². The number of hydrogen-bond acceptors (Lipinski definition) is 0. The van der Waals surface area contributed by atoms with Crippen molar-refractivity contribution >= 4 is 17.3 Å². The van der Waals surface area contributed by atoms with Crippen LogP contribution in [0.15, 0.2) is 72.4 Å². The Kier molecular flexibility index (Phi) is 2.93. The second-order valence-electron chi connectivity index (χ2n) is 5.79. The summed E-state index contributed by atoms with van der Waals surface area (Å²) in [5.41, 5.74) is 9.12. The minimum Gasteiger partial charge on any atom is -0.164 e. The predicted molar refractivity (Wildman–Crippen MR) is 92.1 cm³/mol. The Labute approximate surface area is 131 Å². The Morgan fingerprint density at radius 1 is 0.818 bits per heavy atom. The Morgan fingerprint density at radius 3 is 2.55 bits per heavy atom. The van der Waals surface area contributed by atoms with Crippen LogP contribution in [-0.4, -0.2) is 0 Å². The molecule has 2 heterocycles. The summed E-state index contributed by atoms with van der Waals surface area (Å²) in [6, 6.07) is 21.4. The van der Waals surface area contributed by atoms with Crippen LogP contribution in [0.3, 0.4) is 0 Å². The normalized spacial score (nSPS) is 15.6. The number of rotatable bonds is 1. The van der Waals surface area contributed by atoms with Gasteiger partial charge in [0.15, 0.2) is 11.9 Å². The Balaban J connectivity index is 1.91. The van der Waals surface area contributed by atoms with Gasteiger partial charge >= 0.3 is 0 Å². The van der Waals surface area contributed by atoms with E-state index in [-0.39, 0.29) is 0 Å². The number of nitrogens with zero attached hydrogens (tertiary/aromatic N) is 1. The fraction of sp³-hybridized carbons (Fsp3) is 0.0952. The number of hydrogen-bond donors (Lipinski definition) is 0. The number of fused-ring (bicyclic) bond motifs is 2. The molecule has 3 aliphatic rings.